The van der Waals surface area contributed by atoms with E-state index in [1.165, 1.54) is 4.57 Å². The summed E-state index contributed by atoms with van der Waals surface area (Å²) in [6.07, 6.45) is 4.08. The average molecular weight is 208 g/mol. The summed E-state index contributed by atoms with van der Waals surface area (Å²) < 4.78 is 1.35. The summed E-state index contributed by atoms with van der Waals surface area (Å²) in [6, 6.07) is -0.722. The van der Waals surface area contributed by atoms with Crippen LogP contribution in [0, 0.1) is 0 Å². The monoisotopic (exact) mass is 208 g/mol. The maximum absolute atomic E-state index is 11.5. The third-order valence-electron chi connectivity index (χ3n) is 2.92. The molecule has 0 aliphatic carbocycles. The van der Waals surface area contributed by atoms with Gasteiger partial charge in [0.25, 0.3) is 5.56 Å². The zero-order chi connectivity index (χ0) is 11.0. The van der Waals surface area contributed by atoms with Crippen LogP contribution in [0.4, 0.5) is 0 Å². The second kappa shape index (κ2) is 3.49. The minimum absolute atomic E-state index is 0.132. The Morgan fingerprint density at radius 3 is 3.00 bits per heavy atom. The van der Waals surface area contributed by atoms with E-state index in [0.29, 0.717) is 6.42 Å². The Kier molecular flexibility index (Phi) is 2.30. The minimum Gasteiger partial charge on any atom is -0.480 e. The quantitative estimate of drug-likeness (QED) is 0.779. The number of fused-ring (bicyclic) bond motifs is 1. The molecule has 0 aromatic carbocycles. The first kappa shape index (κ1) is 9.89. The molecule has 15 heavy (non-hydrogen) atoms. The highest BCUT2D eigenvalue weighted by Gasteiger charge is 2.34. The molecule has 1 aliphatic rings. The molecular weight excluding hydrogens is 196 g/mol. The first-order valence-electron chi connectivity index (χ1n) is 4.94. The smallest absolute Gasteiger partial charge is 0.326 e. The van der Waals surface area contributed by atoms with Gasteiger partial charge in [-0.2, -0.15) is 0 Å². The van der Waals surface area contributed by atoms with Gasteiger partial charge in [-0.1, -0.05) is 6.92 Å². The summed E-state index contributed by atoms with van der Waals surface area (Å²) in [5.41, 5.74) is 0.424. The summed E-state index contributed by atoms with van der Waals surface area (Å²) >= 11 is 0. The molecule has 5 heteroatoms. The number of rotatable bonds is 2. The number of carboxylic acid groups (broad SMARTS) is 1. The summed E-state index contributed by atoms with van der Waals surface area (Å²) in [4.78, 5) is 26.3. The van der Waals surface area contributed by atoms with Crippen LogP contribution in [0.3, 0.4) is 0 Å². The summed E-state index contributed by atoms with van der Waals surface area (Å²) in [6.45, 7) is 1.98. The van der Waals surface area contributed by atoms with Crippen molar-refractivity contribution in [1.82, 2.24) is 9.55 Å². The molecule has 5 nitrogen and oxygen atoms in total. The van der Waals surface area contributed by atoms with E-state index < -0.39 is 12.0 Å². The molecule has 0 radical (unpaired) electrons. The molecular formula is C10H12N2O3. The second-order valence-electron chi connectivity index (χ2n) is 3.74. The van der Waals surface area contributed by atoms with Gasteiger partial charge in [0, 0.05) is 17.8 Å². The molecule has 2 heterocycles. The van der Waals surface area contributed by atoms with Crippen molar-refractivity contribution in [2.75, 3.05) is 0 Å². The van der Waals surface area contributed by atoms with E-state index in [-0.39, 0.29) is 11.5 Å². The molecule has 80 valence electrons. The van der Waals surface area contributed by atoms with Crippen LogP contribution in [0.2, 0.25) is 0 Å². The van der Waals surface area contributed by atoms with Crippen molar-refractivity contribution in [3.8, 4) is 0 Å². The first-order chi connectivity index (χ1) is 7.15. The van der Waals surface area contributed by atoms with Crippen molar-refractivity contribution < 1.29 is 9.90 Å². The molecule has 2 atom stereocenters. The Balaban J connectivity index is 2.58. The van der Waals surface area contributed by atoms with Gasteiger partial charge >= 0.3 is 5.97 Å². The van der Waals surface area contributed by atoms with Crippen LogP contribution in [0.25, 0.3) is 0 Å². The Morgan fingerprint density at radius 1 is 1.67 bits per heavy atom. The van der Waals surface area contributed by atoms with E-state index in [2.05, 4.69) is 4.98 Å². The highest BCUT2D eigenvalue weighted by atomic mass is 16.4. The van der Waals surface area contributed by atoms with Crippen LogP contribution in [-0.4, -0.2) is 20.6 Å². The van der Waals surface area contributed by atoms with Crippen molar-refractivity contribution >= 4 is 5.97 Å². The lowest BCUT2D eigenvalue weighted by atomic mass is 10.00. The van der Waals surface area contributed by atoms with Gasteiger partial charge in [-0.25, -0.2) is 4.79 Å². The van der Waals surface area contributed by atoms with E-state index in [0.717, 1.165) is 18.3 Å². The van der Waals surface area contributed by atoms with Crippen molar-refractivity contribution in [1.29, 1.82) is 0 Å². The second-order valence-corrected chi connectivity index (χ2v) is 3.74. The molecule has 1 aromatic rings. The molecule has 0 fully saturated rings. The Morgan fingerprint density at radius 2 is 2.40 bits per heavy atom. The molecule has 0 bridgehead atoms. The van der Waals surface area contributed by atoms with Gasteiger partial charge < -0.3 is 5.11 Å². The van der Waals surface area contributed by atoms with Gasteiger partial charge in [-0.3, -0.25) is 14.3 Å². The van der Waals surface area contributed by atoms with E-state index in [1.54, 1.807) is 6.20 Å². The number of aromatic nitrogens is 2. The topological polar surface area (TPSA) is 72.2 Å². The third-order valence-corrected chi connectivity index (χ3v) is 2.92. The molecule has 1 aromatic heterocycles. The van der Waals surface area contributed by atoms with Crippen LogP contribution >= 0.6 is 0 Å². The van der Waals surface area contributed by atoms with Crippen LogP contribution in [-0.2, 0) is 4.79 Å². The van der Waals surface area contributed by atoms with Gasteiger partial charge in [-0.05, 0) is 12.8 Å². The number of carboxylic acids is 1. The number of nitrogens with zero attached hydrogens (tertiary/aromatic N) is 2. The molecule has 0 saturated heterocycles. The summed E-state index contributed by atoms with van der Waals surface area (Å²) in [5.74, 6) is -0.812. The van der Waals surface area contributed by atoms with E-state index >= 15 is 0 Å². The van der Waals surface area contributed by atoms with Gasteiger partial charge in [0.05, 0.1) is 6.20 Å². The van der Waals surface area contributed by atoms with Crippen molar-refractivity contribution in [3.05, 3.63) is 28.4 Å². The van der Waals surface area contributed by atoms with Gasteiger partial charge in [0.1, 0.15) is 6.04 Å². The van der Waals surface area contributed by atoms with Crippen molar-refractivity contribution in [2.45, 2.75) is 31.7 Å². The Labute approximate surface area is 86.4 Å². The zero-order valence-electron chi connectivity index (χ0n) is 8.38. The van der Waals surface area contributed by atoms with E-state index in [4.69, 9.17) is 5.11 Å². The van der Waals surface area contributed by atoms with E-state index in [1.807, 2.05) is 6.92 Å². The van der Waals surface area contributed by atoms with Crippen LogP contribution in [0.5, 0.6) is 0 Å². The normalized spacial score (nSPS) is 23.8. The standard InChI is InChI=1S/C10H12N2O3/c1-2-6-3-7(10(14)15)12-8(6)4-11-5-9(12)13/h4-7H,2-3H2,1H3,(H,14,15). The molecule has 1 N–H and O–H groups in total. The fourth-order valence-corrected chi connectivity index (χ4v) is 2.15. The average Bonchev–Trinajstić information content (AvgIpc) is 2.58. The molecule has 0 spiro atoms. The van der Waals surface area contributed by atoms with Crippen LogP contribution < -0.4 is 5.56 Å². The molecule has 2 rings (SSSR count). The fourth-order valence-electron chi connectivity index (χ4n) is 2.15. The number of hydrogen-bond acceptors (Lipinski definition) is 3. The third kappa shape index (κ3) is 1.44. The summed E-state index contributed by atoms with van der Waals surface area (Å²) in [5, 5.41) is 9.02. The SMILES string of the molecule is CCC1CC(C(=O)O)n2c1cncc2=O. The van der Waals surface area contributed by atoms with Crippen molar-refractivity contribution in [3.63, 3.8) is 0 Å². The number of hydrogen-bond donors (Lipinski definition) is 1. The molecule has 0 amide bonds. The lowest BCUT2D eigenvalue weighted by molar-refractivity contribution is -0.140. The predicted octanol–water partition coefficient (Wildman–Crippen LogP) is 0.766. The largest absolute Gasteiger partial charge is 0.480 e. The zero-order valence-corrected chi connectivity index (χ0v) is 8.38. The van der Waals surface area contributed by atoms with Gasteiger partial charge in [0.2, 0.25) is 0 Å². The van der Waals surface area contributed by atoms with Crippen LogP contribution in [0.15, 0.2) is 17.2 Å². The molecule has 0 saturated carbocycles. The Hall–Kier alpha value is -1.65. The van der Waals surface area contributed by atoms with Crippen molar-refractivity contribution in [2.24, 2.45) is 0 Å². The number of carbonyl (C=O) groups is 1. The first-order valence-corrected chi connectivity index (χ1v) is 4.94. The van der Waals surface area contributed by atoms with Gasteiger partial charge in [-0.15, -0.1) is 0 Å². The van der Waals surface area contributed by atoms with Crippen LogP contribution in [0.1, 0.15) is 37.4 Å². The lowest BCUT2D eigenvalue weighted by Gasteiger charge is -2.07. The number of aliphatic carboxylic acids is 1. The highest BCUT2D eigenvalue weighted by molar-refractivity contribution is 5.72. The predicted molar refractivity (Wildman–Crippen MR) is 52.8 cm³/mol. The maximum Gasteiger partial charge on any atom is 0.326 e. The van der Waals surface area contributed by atoms with E-state index in [9.17, 15) is 9.59 Å². The maximum atomic E-state index is 11.5. The summed E-state index contributed by atoms with van der Waals surface area (Å²) in [7, 11) is 0. The minimum atomic E-state index is -0.944. The lowest BCUT2D eigenvalue weighted by Crippen LogP contribution is -2.27. The Bertz CT molecular complexity index is 452. The highest BCUT2D eigenvalue weighted by Crippen LogP contribution is 2.35. The molecule has 1 aliphatic heterocycles. The fraction of sp³-hybridized carbons (Fsp3) is 0.500. The molecule has 2 unspecified atom stereocenters. The van der Waals surface area contributed by atoms with Gasteiger partial charge in [0.15, 0.2) is 0 Å².